The Hall–Kier alpha value is -1.27. The van der Waals surface area contributed by atoms with Crippen molar-refractivity contribution in [2.75, 3.05) is 0 Å². The smallest absolute Gasteiger partial charge is 0.131 e. The summed E-state index contributed by atoms with van der Waals surface area (Å²) in [6, 6.07) is 0.245. The molecular formula is C12H19N5S. The zero-order chi connectivity index (χ0) is 13.2. The minimum absolute atomic E-state index is 0.119. The molecule has 0 aromatic carbocycles. The number of aryl methyl sites for hydroxylation is 1. The van der Waals surface area contributed by atoms with Crippen LogP contribution in [0.25, 0.3) is 0 Å². The summed E-state index contributed by atoms with van der Waals surface area (Å²) in [5.74, 6) is 0. The summed E-state index contributed by atoms with van der Waals surface area (Å²) in [6.07, 6.45) is 3.98. The summed E-state index contributed by atoms with van der Waals surface area (Å²) in [5.41, 5.74) is 3.08. The molecule has 0 bridgehead atoms. The quantitative estimate of drug-likeness (QED) is 0.920. The first kappa shape index (κ1) is 13.2. The van der Waals surface area contributed by atoms with E-state index in [1.165, 1.54) is 5.56 Å². The number of hydrogen-bond acceptors (Lipinski definition) is 5. The number of rotatable bonds is 4. The second-order valence-electron chi connectivity index (χ2n) is 5.46. The van der Waals surface area contributed by atoms with Gasteiger partial charge in [0, 0.05) is 24.8 Å². The standard InChI is InChI=1S/C12H19N5S/c1-12(2,3)11(9-5-15-17(4)7-9)13-6-10-16-14-8-18-10/h5,7-8,11,13H,6H2,1-4H3. The van der Waals surface area contributed by atoms with Crippen LogP contribution < -0.4 is 5.32 Å². The molecule has 0 aliphatic heterocycles. The van der Waals surface area contributed by atoms with E-state index < -0.39 is 0 Å². The molecule has 0 aliphatic rings. The highest BCUT2D eigenvalue weighted by Gasteiger charge is 2.27. The maximum Gasteiger partial charge on any atom is 0.131 e. The predicted octanol–water partition coefficient (Wildman–Crippen LogP) is 2.15. The molecule has 0 amide bonds. The van der Waals surface area contributed by atoms with Gasteiger partial charge in [0.25, 0.3) is 0 Å². The Labute approximate surface area is 111 Å². The van der Waals surface area contributed by atoms with Gasteiger partial charge in [0.2, 0.25) is 0 Å². The van der Waals surface area contributed by atoms with Crippen molar-refractivity contribution >= 4 is 11.3 Å². The lowest BCUT2D eigenvalue weighted by atomic mass is 9.83. The molecule has 1 atom stereocenters. The van der Waals surface area contributed by atoms with Gasteiger partial charge in [0.05, 0.1) is 12.7 Å². The molecule has 5 nitrogen and oxygen atoms in total. The summed E-state index contributed by atoms with van der Waals surface area (Å²) in [5, 5.41) is 16.7. The van der Waals surface area contributed by atoms with Gasteiger partial charge in [-0.25, -0.2) is 0 Å². The first-order chi connectivity index (χ1) is 8.47. The van der Waals surface area contributed by atoms with Crippen LogP contribution in [0.2, 0.25) is 0 Å². The molecule has 2 aromatic heterocycles. The second kappa shape index (κ2) is 5.16. The Balaban J connectivity index is 2.11. The molecule has 0 saturated carbocycles. The van der Waals surface area contributed by atoms with E-state index in [0.29, 0.717) is 0 Å². The molecule has 0 aliphatic carbocycles. The predicted molar refractivity (Wildman–Crippen MR) is 72.2 cm³/mol. The van der Waals surface area contributed by atoms with Crippen molar-refractivity contribution in [3.8, 4) is 0 Å². The van der Waals surface area contributed by atoms with Crippen molar-refractivity contribution in [3.63, 3.8) is 0 Å². The van der Waals surface area contributed by atoms with E-state index in [4.69, 9.17) is 0 Å². The first-order valence-electron chi connectivity index (χ1n) is 5.94. The third-order valence-corrected chi connectivity index (χ3v) is 3.48. The Bertz CT molecular complexity index is 483. The van der Waals surface area contributed by atoms with Crippen molar-refractivity contribution in [2.45, 2.75) is 33.4 Å². The number of hydrogen-bond donors (Lipinski definition) is 1. The van der Waals surface area contributed by atoms with Crippen LogP contribution in [-0.2, 0) is 13.6 Å². The highest BCUT2D eigenvalue weighted by molar-refractivity contribution is 7.09. The van der Waals surface area contributed by atoms with Crippen molar-refractivity contribution in [1.29, 1.82) is 0 Å². The van der Waals surface area contributed by atoms with Crippen LogP contribution in [0.15, 0.2) is 17.9 Å². The van der Waals surface area contributed by atoms with Crippen molar-refractivity contribution in [2.24, 2.45) is 12.5 Å². The molecule has 1 unspecified atom stereocenters. The van der Waals surface area contributed by atoms with E-state index in [0.717, 1.165) is 11.6 Å². The molecular weight excluding hydrogens is 246 g/mol. The van der Waals surface area contributed by atoms with Gasteiger partial charge in [-0.3, -0.25) is 4.68 Å². The summed E-state index contributed by atoms with van der Waals surface area (Å²) in [7, 11) is 1.94. The minimum atomic E-state index is 0.119. The molecule has 0 spiro atoms. The Morgan fingerprint density at radius 2 is 2.22 bits per heavy atom. The summed E-state index contributed by atoms with van der Waals surface area (Å²) in [4.78, 5) is 0. The minimum Gasteiger partial charge on any atom is -0.303 e. The highest BCUT2D eigenvalue weighted by Crippen LogP contribution is 2.32. The van der Waals surface area contributed by atoms with Gasteiger partial charge >= 0.3 is 0 Å². The third-order valence-electron chi connectivity index (χ3n) is 2.79. The van der Waals surface area contributed by atoms with Gasteiger partial charge in [-0.2, -0.15) is 5.10 Å². The Kier molecular flexibility index (Phi) is 3.77. The van der Waals surface area contributed by atoms with Crippen LogP contribution in [-0.4, -0.2) is 20.0 Å². The summed E-state index contributed by atoms with van der Waals surface area (Å²) in [6.45, 7) is 7.40. The van der Waals surface area contributed by atoms with Gasteiger partial charge in [0.15, 0.2) is 0 Å². The lowest BCUT2D eigenvalue weighted by molar-refractivity contribution is 0.270. The van der Waals surface area contributed by atoms with Crippen LogP contribution in [0.5, 0.6) is 0 Å². The van der Waals surface area contributed by atoms with Crippen LogP contribution in [0.3, 0.4) is 0 Å². The molecule has 2 rings (SSSR count). The van der Waals surface area contributed by atoms with Gasteiger partial charge in [-0.1, -0.05) is 20.8 Å². The largest absolute Gasteiger partial charge is 0.303 e. The molecule has 1 N–H and O–H groups in total. The Morgan fingerprint density at radius 3 is 2.72 bits per heavy atom. The van der Waals surface area contributed by atoms with Crippen LogP contribution in [0, 0.1) is 5.41 Å². The second-order valence-corrected chi connectivity index (χ2v) is 6.38. The summed E-state index contributed by atoms with van der Waals surface area (Å²) < 4.78 is 1.83. The molecule has 2 aromatic rings. The lowest BCUT2D eigenvalue weighted by Gasteiger charge is -2.30. The molecule has 18 heavy (non-hydrogen) atoms. The van der Waals surface area contributed by atoms with E-state index in [1.54, 1.807) is 16.8 Å². The van der Waals surface area contributed by atoms with Gasteiger partial charge < -0.3 is 5.32 Å². The van der Waals surface area contributed by atoms with Crippen molar-refractivity contribution in [3.05, 3.63) is 28.5 Å². The van der Waals surface area contributed by atoms with E-state index in [9.17, 15) is 0 Å². The van der Waals surface area contributed by atoms with E-state index >= 15 is 0 Å². The first-order valence-corrected chi connectivity index (χ1v) is 6.82. The van der Waals surface area contributed by atoms with Crippen LogP contribution in [0.4, 0.5) is 0 Å². The molecule has 0 radical (unpaired) electrons. The fraction of sp³-hybridized carbons (Fsp3) is 0.583. The highest BCUT2D eigenvalue weighted by atomic mass is 32.1. The van der Waals surface area contributed by atoms with Crippen LogP contribution >= 0.6 is 11.3 Å². The fourth-order valence-corrected chi connectivity index (χ4v) is 2.45. The SMILES string of the molecule is Cn1cc(C(NCc2nncs2)C(C)(C)C)cn1. The topological polar surface area (TPSA) is 55.6 Å². The molecule has 98 valence electrons. The third kappa shape index (κ3) is 3.14. The number of nitrogens with zero attached hydrogens (tertiary/aromatic N) is 4. The number of nitrogens with one attached hydrogen (secondary N) is 1. The molecule has 6 heteroatoms. The number of aromatic nitrogens is 4. The van der Waals surface area contributed by atoms with Crippen LogP contribution in [0.1, 0.15) is 37.4 Å². The van der Waals surface area contributed by atoms with Gasteiger partial charge in [-0.15, -0.1) is 21.5 Å². The fourth-order valence-electron chi connectivity index (χ4n) is 1.98. The van der Waals surface area contributed by atoms with E-state index in [1.807, 2.05) is 17.9 Å². The molecule has 0 fully saturated rings. The van der Waals surface area contributed by atoms with Crippen molar-refractivity contribution < 1.29 is 0 Å². The van der Waals surface area contributed by atoms with E-state index in [2.05, 4.69) is 47.6 Å². The average Bonchev–Trinajstić information content (AvgIpc) is 2.88. The maximum atomic E-state index is 4.25. The normalized spacial score (nSPS) is 13.8. The van der Waals surface area contributed by atoms with Crippen molar-refractivity contribution in [1.82, 2.24) is 25.3 Å². The maximum absolute atomic E-state index is 4.25. The zero-order valence-electron chi connectivity index (χ0n) is 11.2. The molecule has 0 saturated heterocycles. The summed E-state index contributed by atoms with van der Waals surface area (Å²) >= 11 is 1.57. The van der Waals surface area contributed by atoms with Gasteiger partial charge in [-0.05, 0) is 5.41 Å². The van der Waals surface area contributed by atoms with Gasteiger partial charge in [0.1, 0.15) is 10.5 Å². The Morgan fingerprint density at radius 1 is 1.44 bits per heavy atom. The van der Waals surface area contributed by atoms with E-state index in [-0.39, 0.29) is 11.5 Å². The molecule has 2 heterocycles. The monoisotopic (exact) mass is 265 g/mol. The lowest BCUT2D eigenvalue weighted by Crippen LogP contribution is -2.31. The average molecular weight is 265 g/mol. The zero-order valence-corrected chi connectivity index (χ0v) is 12.0.